The largest absolute Gasteiger partial charge is 0.399 e. The molecule has 1 rings (SSSR count). The van der Waals surface area contributed by atoms with E-state index in [0.717, 1.165) is 36.6 Å². The van der Waals surface area contributed by atoms with Gasteiger partial charge in [0.15, 0.2) is 0 Å². The van der Waals surface area contributed by atoms with E-state index in [1.54, 1.807) is 0 Å². The van der Waals surface area contributed by atoms with E-state index in [0.29, 0.717) is 0 Å². The van der Waals surface area contributed by atoms with Gasteiger partial charge in [-0.15, -0.1) is 0 Å². The summed E-state index contributed by atoms with van der Waals surface area (Å²) >= 11 is 0. The van der Waals surface area contributed by atoms with Gasteiger partial charge in [0.2, 0.25) is 0 Å². The third-order valence-corrected chi connectivity index (χ3v) is 2.15. The van der Waals surface area contributed by atoms with Gasteiger partial charge in [-0.25, -0.2) is 0 Å². The smallest absolute Gasteiger partial charge is 0.0345 e. The highest BCUT2D eigenvalue weighted by atomic mass is 14.9. The maximum atomic E-state index is 5.72. The molecule has 0 saturated heterocycles. The summed E-state index contributed by atoms with van der Waals surface area (Å²) in [6, 6.07) is 6.01. The van der Waals surface area contributed by atoms with Crippen molar-refractivity contribution in [1.82, 2.24) is 5.32 Å². The maximum absolute atomic E-state index is 5.72. The molecule has 1 aromatic rings. The predicted octanol–water partition coefficient (Wildman–Crippen LogP) is 1.60. The third kappa shape index (κ3) is 3.26. The number of nitrogen functional groups attached to an aromatic ring is 1. The van der Waals surface area contributed by atoms with E-state index < -0.39 is 0 Å². The molecule has 3 nitrogen and oxygen atoms in total. The number of benzene rings is 1. The fourth-order valence-electron chi connectivity index (χ4n) is 1.26. The molecule has 0 aliphatic carbocycles. The Morgan fingerprint density at radius 2 is 2.07 bits per heavy atom. The molecule has 0 heterocycles. The van der Waals surface area contributed by atoms with Gasteiger partial charge in [0.25, 0.3) is 0 Å². The summed E-state index contributed by atoms with van der Waals surface area (Å²) in [5.74, 6) is 0. The Hall–Kier alpha value is -1.22. The summed E-state index contributed by atoms with van der Waals surface area (Å²) in [7, 11) is 0. The van der Waals surface area contributed by atoms with Gasteiger partial charge in [0.05, 0.1) is 0 Å². The molecule has 0 atom stereocenters. The molecule has 0 aliphatic rings. The summed E-state index contributed by atoms with van der Waals surface area (Å²) in [4.78, 5) is 0. The highest BCUT2D eigenvalue weighted by molar-refractivity contribution is 5.56. The summed E-state index contributed by atoms with van der Waals surface area (Å²) in [5.41, 5.74) is 8.83. The minimum Gasteiger partial charge on any atom is -0.399 e. The van der Waals surface area contributed by atoms with Crippen LogP contribution in [0.4, 0.5) is 11.4 Å². The number of likely N-dealkylation sites (N-methyl/N-ethyl adjacent to an activating group) is 1. The average Bonchev–Trinajstić information content (AvgIpc) is 2.18. The number of nitrogens with two attached hydrogens (primary N) is 1. The Morgan fingerprint density at radius 3 is 2.71 bits per heavy atom. The van der Waals surface area contributed by atoms with Crippen LogP contribution in [0.15, 0.2) is 18.2 Å². The second-order valence-electron chi connectivity index (χ2n) is 3.35. The summed E-state index contributed by atoms with van der Waals surface area (Å²) < 4.78 is 0. The maximum Gasteiger partial charge on any atom is 0.0345 e. The molecule has 0 aliphatic heterocycles. The van der Waals surface area contributed by atoms with Crippen molar-refractivity contribution in [1.29, 1.82) is 0 Å². The molecular weight excluding hydrogens is 174 g/mol. The lowest BCUT2D eigenvalue weighted by molar-refractivity contribution is 0.739. The van der Waals surface area contributed by atoms with Crippen LogP contribution >= 0.6 is 0 Å². The number of hydrogen-bond donors (Lipinski definition) is 3. The standard InChI is InChI=1S/C11H19N3/c1-3-13-6-7-14-10-4-5-11(12)9(2)8-10/h4-5,8,13-14H,3,6-7,12H2,1-2H3. The van der Waals surface area contributed by atoms with Crippen LogP contribution in [0.3, 0.4) is 0 Å². The van der Waals surface area contributed by atoms with Crippen LogP contribution in [-0.4, -0.2) is 19.6 Å². The van der Waals surface area contributed by atoms with E-state index in [1.807, 2.05) is 19.1 Å². The lowest BCUT2D eigenvalue weighted by Gasteiger charge is -2.08. The van der Waals surface area contributed by atoms with Crippen molar-refractivity contribution >= 4 is 11.4 Å². The zero-order valence-corrected chi connectivity index (χ0v) is 8.93. The van der Waals surface area contributed by atoms with Gasteiger partial charge in [0, 0.05) is 24.5 Å². The molecule has 0 radical (unpaired) electrons. The minimum atomic E-state index is 0.849. The quantitative estimate of drug-likeness (QED) is 0.492. The SMILES string of the molecule is CCNCCNc1ccc(N)c(C)c1. The highest BCUT2D eigenvalue weighted by Crippen LogP contribution is 2.15. The van der Waals surface area contributed by atoms with Crippen LogP contribution < -0.4 is 16.4 Å². The van der Waals surface area contributed by atoms with Crippen LogP contribution in [-0.2, 0) is 0 Å². The normalized spacial score (nSPS) is 10.1. The molecule has 0 aromatic heterocycles. The molecule has 0 spiro atoms. The zero-order valence-electron chi connectivity index (χ0n) is 8.93. The van der Waals surface area contributed by atoms with Crippen molar-refractivity contribution in [3.05, 3.63) is 23.8 Å². The van der Waals surface area contributed by atoms with Crippen molar-refractivity contribution < 1.29 is 0 Å². The van der Waals surface area contributed by atoms with E-state index >= 15 is 0 Å². The lowest BCUT2D eigenvalue weighted by Crippen LogP contribution is -2.21. The van der Waals surface area contributed by atoms with Crippen LogP contribution in [0.1, 0.15) is 12.5 Å². The predicted molar refractivity (Wildman–Crippen MR) is 62.6 cm³/mol. The molecule has 0 unspecified atom stereocenters. The van der Waals surface area contributed by atoms with Gasteiger partial charge in [-0.05, 0) is 37.2 Å². The van der Waals surface area contributed by atoms with Crippen molar-refractivity contribution in [3.8, 4) is 0 Å². The summed E-state index contributed by atoms with van der Waals surface area (Å²) in [5, 5.41) is 6.59. The fraction of sp³-hybridized carbons (Fsp3) is 0.455. The number of hydrogen-bond acceptors (Lipinski definition) is 3. The molecule has 1 aromatic carbocycles. The molecule has 14 heavy (non-hydrogen) atoms. The van der Waals surface area contributed by atoms with Crippen LogP contribution in [0.25, 0.3) is 0 Å². The molecule has 3 heteroatoms. The lowest BCUT2D eigenvalue weighted by atomic mass is 10.2. The molecule has 0 fully saturated rings. The van der Waals surface area contributed by atoms with Crippen molar-refractivity contribution in [2.24, 2.45) is 0 Å². The first kappa shape index (κ1) is 10.9. The first-order valence-electron chi connectivity index (χ1n) is 5.04. The fourth-order valence-corrected chi connectivity index (χ4v) is 1.26. The average molecular weight is 193 g/mol. The minimum absolute atomic E-state index is 0.849. The summed E-state index contributed by atoms with van der Waals surface area (Å²) in [6.45, 7) is 7.07. The molecule has 0 bridgehead atoms. The van der Waals surface area contributed by atoms with Crippen molar-refractivity contribution in [2.75, 3.05) is 30.7 Å². The van der Waals surface area contributed by atoms with Crippen molar-refractivity contribution in [3.63, 3.8) is 0 Å². The van der Waals surface area contributed by atoms with Crippen molar-refractivity contribution in [2.45, 2.75) is 13.8 Å². The highest BCUT2D eigenvalue weighted by Gasteiger charge is 1.95. The third-order valence-electron chi connectivity index (χ3n) is 2.15. The topological polar surface area (TPSA) is 50.1 Å². The Balaban J connectivity index is 2.39. The van der Waals surface area contributed by atoms with E-state index in [9.17, 15) is 0 Å². The van der Waals surface area contributed by atoms with E-state index in [-0.39, 0.29) is 0 Å². The number of rotatable bonds is 5. The second kappa shape index (κ2) is 5.50. The van der Waals surface area contributed by atoms with Gasteiger partial charge in [-0.3, -0.25) is 0 Å². The van der Waals surface area contributed by atoms with Crippen LogP contribution in [0, 0.1) is 6.92 Å². The van der Waals surface area contributed by atoms with Crippen LogP contribution in [0.5, 0.6) is 0 Å². The van der Waals surface area contributed by atoms with Gasteiger partial charge >= 0.3 is 0 Å². The van der Waals surface area contributed by atoms with E-state index in [4.69, 9.17) is 5.73 Å². The Kier molecular flexibility index (Phi) is 4.26. The van der Waals surface area contributed by atoms with Gasteiger partial charge in [-0.1, -0.05) is 6.92 Å². The van der Waals surface area contributed by atoms with E-state index in [2.05, 4.69) is 23.6 Å². The molecule has 78 valence electrons. The number of nitrogens with one attached hydrogen (secondary N) is 2. The van der Waals surface area contributed by atoms with E-state index in [1.165, 1.54) is 0 Å². The Labute approximate surface area is 85.7 Å². The van der Waals surface area contributed by atoms with Crippen LogP contribution in [0.2, 0.25) is 0 Å². The molecule has 0 amide bonds. The first-order valence-corrected chi connectivity index (χ1v) is 5.04. The van der Waals surface area contributed by atoms with Gasteiger partial charge in [-0.2, -0.15) is 0 Å². The number of anilines is 2. The van der Waals surface area contributed by atoms with Gasteiger partial charge < -0.3 is 16.4 Å². The first-order chi connectivity index (χ1) is 6.74. The Bertz CT molecular complexity index is 284. The van der Waals surface area contributed by atoms with Gasteiger partial charge in [0.1, 0.15) is 0 Å². The Morgan fingerprint density at radius 1 is 1.29 bits per heavy atom. The second-order valence-corrected chi connectivity index (χ2v) is 3.35. The molecular formula is C11H19N3. The number of aryl methyl sites for hydroxylation is 1. The monoisotopic (exact) mass is 193 g/mol. The zero-order chi connectivity index (χ0) is 10.4. The molecule has 4 N–H and O–H groups in total. The molecule has 0 saturated carbocycles. The summed E-state index contributed by atoms with van der Waals surface area (Å²) in [6.07, 6.45) is 0.